The first-order valence-electron chi connectivity index (χ1n) is 29.2. The second-order valence-electron chi connectivity index (χ2n) is 19.4. The predicted octanol–water partition coefficient (Wildman–Crippen LogP) is 17.1. The van der Waals surface area contributed by atoms with Gasteiger partial charge in [0.05, 0.1) is 19.8 Å². The van der Waals surface area contributed by atoms with Gasteiger partial charge >= 0.3 is 25.7 Å². The molecule has 0 saturated heterocycles. The van der Waals surface area contributed by atoms with Crippen molar-refractivity contribution in [2.45, 2.75) is 277 Å². The maximum absolute atomic E-state index is 12.9. The van der Waals surface area contributed by atoms with E-state index in [1.807, 2.05) is 0 Å². The second kappa shape index (κ2) is 54.4. The van der Waals surface area contributed by atoms with Crippen molar-refractivity contribution in [3.63, 3.8) is 0 Å². The molecule has 418 valence electrons. The third-order valence-corrected chi connectivity index (χ3v) is 13.4. The molecule has 0 radical (unpaired) electrons. The summed E-state index contributed by atoms with van der Waals surface area (Å²) in [5.74, 6) is -1.48. The number of hydrogen-bond acceptors (Lipinski definition) is 10. The van der Waals surface area contributed by atoms with Crippen LogP contribution in [0.1, 0.15) is 265 Å². The van der Waals surface area contributed by atoms with E-state index in [2.05, 4.69) is 81.5 Å². The number of aliphatic hydroxyl groups is 1. The molecule has 0 aliphatic carbocycles. The van der Waals surface area contributed by atoms with E-state index < -0.39 is 57.8 Å². The van der Waals surface area contributed by atoms with Gasteiger partial charge in [-0.05, 0) is 77.0 Å². The minimum absolute atomic E-state index is 0.156. The summed E-state index contributed by atoms with van der Waals surface area (Å²) in [6.45, 7) is 4.47. The number of rotatable bonds is 54. The molecule has 3 unspecified atom stereocenters. The zero-order valence-electron chi connectivity index (χ0n) is 46.1. The summed E-state index contributed by atoms with van der Waals surface area (Å²) in [5, 5.41) is 9.80. The van der Waals surface area contributed by atoms with Crippen LogP contribution in [0.3, 0.4) is 0 Å². The number of hydrogen-bond donors (Lipinski definition) is 2. The van der Waals surface area contributed by atoms with Crippen LogP contribution >= 0.6 is 7.82 Å². The van der Waals surface area contributed by atoms with Crippen molar-refractivity contribution in [2.75, 3.05) is 26.4 Å². The van der Waals surface area contributed by atoms with Gasteiger partial charge in [0.25, 0.3) is 0 Å². The summed E-state index contributed by atoms with van der Waals surface area (Å²) in [4.78, 5) is 48.5. The number of esters is 3. The van der Waals surface area contributed by atoms with Crippen LogP contribution in [0.5, 0.6) is 0 Å². The molecule has 0 spiro atoms. The fourth-order valence-corrected chi connectivity index (χ4v) is 8.78. The molecule has 0 aromatic rings. The number of phosphoric acid groups is 1. The van der Waals surface area contributed by atoms with Crippen molar-refractivity contribution < 1.29 is 52.2 Å². The van der Waals surface area contributed by atoms with E-state index in [-0.39, 0.29) is 25.9 Å². The smallest absolute Gasteiger partial charge is 0.462 e. The molecule has 0 aromatic carbocycles. The predicted molar refractivity (Wildman–Crippen MR) is 298 cm³/mol. The molecule has 12 heteroatoms. The molecule has 0 rings (SSSR count). The minimum Gasteiger partial charge on any atom is -0.462 e. The van der Waals surface area contributed by atoms with E-state index in [0.29, 0.717) is 19.3 Å². The normalized spacial score (nSPS) is 13.8. The van der Waals surface area contributed by atoms with Crippen LogP contribution in [-0.2, 0) is 42.2 Å². The van der Waals surface area contributed by atoms with Crippen LogP contribution in [0.15, 0.2) is 60.8 Å². The summed E-state index contributed by atoms with van der Waals surface area (Å²) in [5.41, 5.74) is 0. The largest absolute Gasteiger partial charge is 0.472 e. The molecule has 0 fully saturated rings. The Morgan fingerprint density at radius 2 is 0.750 bits per heavy atom. The standard InChI is InChI=1S/C60H107O11P/c1-4-7-10-13-16-19-22-25-27-28-30-33-36-39-42-45-48-51-60(64)71-57(53-67-58(62)49-46-43-40-37-34-32-29-26-23-20-17-14-11-8-5-2)55-69-72(65,66)68-54-56(52-61)70-59(63)50-47-44-41-38-35-31-24-21-18-15-12-9-6-3/h7,10,12,15-16,19,21,24-25,27,56-57,61H,4-6,8-9,11,13-14,17-18,20,22-23,26,28-55H2,1-3H3,(H,65,66)/b10-7-,15-12-,19-16-,24-21-,27-25-. The SMILES string of the molecule is CC/C=C\C/C=C\C/C=C\CCCCCCCCCC(=O)OC(COC(=O)CCCCCCCCCCCCCCCCC)COP(=O)(O)OCC(CO)OC(=O)CCCCCCC/C=C\C/C=C\CCC. The first-order chi connectivity index (χ1) is 35.2. The van der Waals surface area contributed by atoms with Crippen LogP contribution in [-0.4, -0.2) is 66.5 Å². The van der Waals surface area contributed by atoms with E-state index in [0.717, 1.165) is 122 Å². The van der Waals surface area contributed by atoms with Crippen molar-refractivity contribution in [3.05, 3.63) is 60.8 Å². The van der Waals surface area contributed by atoms with E-state index >= 15 is 0 Å². The highest BCUT2D eigenvalue weighted by atomic mass is 31.2. The highest BCUT2D eigenvalue weighted by molar-refractivity contribution is 7.47. The van der Waals surface area contributed by atoms with Gasteiger partial charge in [0.2, 0.25) is 0 Å². The molecule has 0 bridgehead atoms. The Morgan fingerprint density at radius 1 is 0.403 bits per heavy atom. The van der Waals surface area contributed by atoms with Crippen LogP contribution in [0.25, 0.3) is 0 Å². The van der Waals surface area contributed by atoms with Gasteiger partial charge in [-0.3, -0.25) is 23.4 Å². The van der Waals surface area contributed by atoms with Gasteiger partial charge in [-0.2, -0.15) is 0 Å². The second-order valence-corrected chi connectivity index (χ2v) is 20.9. The molecular formula is C60H107O11P. The number of allylic oxidation sites excluding steroid dienone is 10. The monoisotopic (exact) mass is 1030 g/mol. The summed E-state index contributed by atoms with van der Waals surface area (Å²) in [6.07, 6.45) is 58.9. The molecule has 11 nitrogen and oxygen atoms in total. The number of unbranched alkanes of at least 4 members (excludes halogenated alkanes) is 27. The topological polar surface area (TPSA) is 155 Å². The third-order valence-electron chi connectivity index (χ3n) is 12.4. The number of aliphatic hydroxyl groups excluding tert-OH is 1. The van der Waals surface area contributed by atoms with Gasteiger partial charge in [0.1, 0.15) is 12.7 Å². The van der Waals surface area contributed by atoms with Crippen molar-refractivity contribution >= 4 is 25.7 Å². The summed E-state index contributed by atoms with van der Waals surface area (Å²) >= 11 is 0. The average molecular weight is 1040 g/mol. The van der Waals surface area contributed by atoms with Crippen LogP contribution in [0.2, 0.25) is 0 Å². The molecule has 0 aliphatic rings. The lowest BCUT2D eigenvalue weighted by atomic mass is 10.0. The van der Waals surface area contributed by atoms with Gasteiger partial charge in [0, 0.05) is 19.3 Å². The minimum atomic E-state index is -4.75. The van der Waals surface area contributed by atoms with Crippen LogP contribution in [0.4, 0.5) is 0 Å². The van der Waals surface area contributed by atoms with Gasteiger partial charge in [-0.1, -0.05) is 229 Å². The van der Waals surface area contributed by atoms with Gasteiger partial charge < -0.3 is 24.2 Å². The number of carbonyl (C=O) groups excluding carboxylic acids is 3. The molecule has 0 aromatic heterocycles. The van der Waals surface area contributed by atoms with Gasteiger partial charge in [-0.15, -0.1) is 0 Å². The van der Waals surface area contributed by atoms with Crippen molar-refractivity contribution in [1.82, 2.24) is 0 Å². The van der Waals surface area contributed by atoms with Crippen molar-refractivity contribution in [3.8, 4) is 0 Å². The van der Waals surface area contributed by atoms with Crippen LogP contribution < -0.4 is 0 Å². The Labute approximate surface area is 440 Å². The number of ether oxygens (including phenoxy) is 3. The Balaban J connectivity index is 4.73. The zero-order valence-corrected chi connectivity index (χ0v) is 47.0. The third kappa shape index (κ3) is 52.1. The fraction of sp³-hybridized carbons (Fsp3) is 0.783. The van der Waals surface area contributed by atoms with Gasteiger partial charge in [-0.25, -0.2) is 4.57 Å². The Morgan fingerprint density at radius 3 is 1.17 bits per heavy atom. The first kappa shape index (κ1) is 69.2. The Kier molecular flexibility index (Phi) is 52.3. The molecular weight excluding hydrogens is 928 g/mol. The highest BCUT2D eigenvalue weighted by Crippen LogP contribution is 2.43. The highest BCUT2D eigenvalue weighted by Gasteiger charge is 2.28. The van der Waals surface area contributed by atoms with E-state index in [1.165, 1.54) is 83.5 Å². The lowest BCUT2D eigenvalue weighted by Crippen LogP contribution is -2.30. The summed E-state index contributed by atoms with van der Waals surface area (Å²) in [6, 6.07) is 0. The van der Waals surface area contributed by atoms with E-state index in [4.69, 9.17) is 23.3 Å². The quantitative estimate of drug-likeness (QED) is 0.0197. The fourth-order valence-electron chi connectivity index (χ4n) is 8.00. The number of phosphoric ester groups is 1. The molecule has 0 saturated carbocycles. The molecule has 72 heavy (non-hydrogen) atoms. The summed E-state index contributed by atoms with van der Waals surface area (Å²) < 4.78 is 39.5. The number of carbonyl (C=O) groups is 3. The van der Waals surface area contributed by atoms with Crippen molar-refractivity contribution in [1.29, 1.82) is 0 Å². The van der Waals surface area contributed by atoms with Crippen molar-refractivity contribution in [2.24, 2.45) is 0 Å². The molecule has 3 atom stereocenters. The molecule has 0 aliphatic heterocycles. The lowest BCUT2D eigenvalue weighted by Gasteiger charge is -2.21. The van der Waals surface area contributed by atoms with Crippen LogP contribution in [0, 0.1) is 0 Å². The molecule has 2 N–H and O–H groups in total. The average Bonchev–Trinajstić information content (AvgIpc) is 3.37. The zero-order chi connectivity index (χ0) is 52.7. The first-order valence-corrected chi connectivity index (χ1v) is 30.7. The Hall–Kier alpha value is -2.82. The Bertz CT molecular complexity index is 1440. The lowest BCUT2D eigenvalue weighted by molar-refractivity contribution is -0.161. The maximum Gasteiger partial charge on any atom is 0.472 e. The van der Waals surface area contributed by atoms with Gasteiger partial charge in [0.15, 0.2) is 6.10 Å². The van der Waals surface area contributed by atoms with E-state index in [1.54, 1.807) is 0 Å². The molecule has 0 amide bonds. The summed E-state index contributed by atoms with van der Waals surface area (Å²) in [7, 11) is -4.75. The molecule has 0 heterocycles. The van der Waals surface area contributed by atoms with E-state index in [9.17, 15) is 28.9 Å². The maximum atomic E-state index is 12.9.